The first kappa shape index (κ1) is 18.6. The first-order valence-corrected chi connectivity index (χ1v) is 7.87. The summed E-state index contributed by atoms with van der Waals surface area (Å²) in [6.07, 6.45) is -4.69. The molecule has 0 bridgehead atoms. The van der Waals surface area contributed by atoms with Crippen molar-refractivity contribution in [1.82, 2.24) is 0 Å². The molecule has 1 rings (SSSR count). The minimum atomic E-state index is -4.69. The van der Waals surface area contributed by atoms with Crippen LogP contribution in [0.4, 0.5) is 18.9 Å². The molecule has 1 aromatic carbocycles. The van der Waals surface area contributed by atoms with Gasteiger partial charge in [-0.15, -0.1) is 0 Å². The maximum Gasteiger partial charge on any atom is 0.416 e. The van der Waals surface area contributed by atoms with Crippen molar-refractivity contribution in [3.05, 3.63) is 23.8 Å². The summed E-state index contributed by atoms with van der Waals surface area (Å²) in [4.78, 5) is 10.7. The van der Waals surface area contributed by atoms with Crippen molar-refractivity contribution in [2.24, 2.45) is 5.10 Å². The summed E-state index contributed by atoms with van der Waals surface area (Å²) < 4.78 is 62.1. The number of benzene rings is 1. The average molecular weight is 347 g/mol. The van der Waals surface area contributed by atoms with Gasteiger partial charge in [-0.25, -0.2) is 8.42 Å². The van der Waals surface area contributed by atoms with Crippen molar-refractivity contribution in [2.45, 2.75) is 24.9 Å². The van der Waals surface area contributed by atoms with Gasteiger partial charge < -0.3 is 0 Å². The number of sulfone groups is 1. The molecule has 0 aliphatic heterocycles. The van der Waals surface area contributed by atoms with E-state index in [9.17, 15) is 26.4 Å². The number of nitrogens with zero attached hydrogens (tertiary/aromatic N) is 2. The van der Waals surface area contributed by atoms with E-state index < -0.39 is 43.7 Å². The molecule has 10 heteroatoms. The van der Waals surface area contributed by atoms with Crippen LogP contribution >= 0.6 is 0 Å². The fraction of sp³-hybridized carbons (Fsp3) is 0.308. The van der Waals surface area contributed by atoms with Crippen molar-refractivity contribution in [2.75, 3.05) is 11.2 Å². The van der Waals surface area contributed by atoms with Gasteiger partial charge in [0, 0.05) is 6.92 Å². The number of hydrogen-bond acceptors (Lipinski definition) is 6. The van der Waals surface area contributed by atoms with Crippen LogP contribution in [-0.4, -0.2) is 25.7 Å². The van der Waals surface area contributed by atoms with Crippen LogP contribution < -0.4 is 5.43 Å². The van der Waals surface area contributed by atoms with Crippen molar-refractivity contribution in [3.63, 3.8) is 0 Å². The minimum absolute atomic E-state index is 0.339. The predicted octanol–water partition coefficient (Wildman–Crippen LogP) is 2.38. The number of carbonyl (C=O) groups excluding carboxylic acids is 1. The summed E-state index contributed by atoms with van der Waals surface area (Å²) in [5.74, 6) is -1.05. The summed E-state index contributed by atoms with van der Waals surface area (Å²) in [6, 6.07) is 3.45. The molecule has 0 heterocycles. The fourth-order valence-corrected chi connectivity index (χ4v) is 2.54. The van der Waals surface area contributed by atoms with Gasteiger partial charge in [-0.2, -0.15) is 23.5 Å². The number of carbonyl (C=O) groups is 1. The van der Waals surface area contributed by atoms with E-state index in [0.717, 1.165) is 13.0 Å². The number of hydrazone groups is 1. The topological polar surface area (TPSA) is 99.4 Å². The Balaban J connectivity index is 3.47. The molecule has 0 saturated heterocycles. The van der Waals surface area contributed by atoms with E-state index in [4.69, 9.17) is 5.26 Å². The Morgan fingerprint density at radius 2 is 2.00 bits per heavy atom. The summed E-state index contributed by atoms with van der Waals surface area (Å²) in [5.41, 5.74) is -0.0846. The highest BCUT2D eigenvalue weighted by molar-refractivity contribution is 7.91. The monoisotopic (exact) mass is 347 g/mol. The highest BCUT2D eigenvalue weighted by Gasteiger charge is 2.32. The Kier molecular flexibility index (Phi) is 5.50. The molecule has 0 aromatic heterocycles. The third-order valence-corrected chi connectivity index (χ3v) is 4.54. The van der Waals surface area contributed by atoms with E-state index >= 15 is 0 Å². The molecule has 124 valence electrons. The molecule has 0 aliphatic carbocycles. The Morgan fingerprint density at radius 1 is 1.39 bits per heavy atom. The quantitative estimate of drug-likeness (QED) is 0.651. The first-order chi connectivity index (χ1) is 10.5. The second kappa shape index (κ2) is 6.78. The van der Waals surface area contributed by atoms with E-state index in [0.29, 0.717) is 12.1 Å². The van der Waals surface area contributed by atoms with Crippen LogP contribution in [0.1, 0.15) is 19.4 Å². The lowest BCUT2D eigenvalue weighted by Gasteiger charge is -2.13. The molecule has 0 fully saturated rings. The minimum Gasteiger partial charge on any atom is -0.292 e. The molecule has 0 unspecified atom stereocenters. The molecule has 23 heavy (non-hydrogen) atoms. The van der Waals surface area contributed by atoms with Crippen LogP contribution in [0.15, 0.2) is 28.2 Å². The zero-order valence-corrected chi connectivity index (χ0v) is 12.9. The molecule has 0 amide bonds. The number of ketones is 1. The fourth-order valence-electron chi connectivity index (χ4n) is 1.52. The third kappa shape index (κ3) is 4.53. The van der Waals surface area contributed by atoms with Crippen molar-refractivity contribution < 1.29 is 26.4 Å². The molecule has 0 atom stereocenters. The van der Waals surface area contributed by atoms with Crippen LogP contribution in [-0.2, 0) is 20.8 Å². The van der Waals surface area contributed by atoms with E-state index in [1.54, 1.807) is 0 Å². The number of hydrogen-bond donors (Lipinski definition) is 1. The van der Waals surface area contributed by atoms with Gasteiger partial charge in [-0.3, -0.25) is 10.2 Å². The standard InChI is InChI=1S/C13H12F3N3O3S/c1-3-23(21,22)12-5-4-9(13(14,15)16)6-10(12)18-19-11(7-17)8(2)20/h4-6,18H,3H2,1-2H3/b19-11+. The molecule has 0 saturated carbocycles. The molecule has 6 nitrogen and oxygen atoms in total. The molecule has 0 aliphatic rings. The lowest BCUT2D eigenvalue weighted by atomic mass is 10.2. The van der Waals surface area contributed by atoms with Gasteiger partial charge >= 0.3 is 6.18 Å². The van der Waals surface area contributed by atoms with Crippen LogP contribution in [0, 0.1) is 11.3 Å². The molecular weight excluding hydrogens is 335 g/mol. The lowest BCUT2D eigenvalue weighted by Crippen LogP contribution is -2.13. The molecule has 0 radical (unpaired) electrons. The van der Waals surface area contributed by atoms with Crippen LogP contribution in [0.25, 0.3) is 0 Å². The summed E-state index contributed by atoms with van der Waals surface area (Å²) in [5, 5.41) is 12.1. The average Bonchev–Trinajstić information content (AvgIpc) is 2.46. The Hall–Kier alpha value is -2.41. The molecular formula is C13H12F3N3O3S. The highest BCUT2D eigenvalue weighted by atomic mass is 32.2. The number of nitriles is 1. The van der Waals surface area contributed by atoms with E-state index in [1.807, 2.05) is 0 Å². The lowest BCUT2D eigenvalue weighted by molar-refractivity contribution is -0.137. The predicted molar refractivity (Wildman–Crippen MR) is 76.5 cm³/mol. The number of nitrogens with one attached hydrogen (secondary N) is 1. The number of alkyl halides is 3. The van der Waals surface area contributed by atoms with Gasteiger partial charge in [0.1, 0.15) is 6.07 Å². The van der Waals surface area contributed by atoms with Crippen molar-refractivity contribution in [3.8, 4) is 6.07 Å². The molecule has 1 N–H and O–H groups in total. The van der Waals surface area contributed by atoms with Crippen LogP contribution in [0.2, 0.25) is 0 Å². The van der Waals surface area contributed by atoms with Gasteiger partial charge in [0.05, 0.1) is 21.9 Å². The van der Waals surface area contributed by atoms with Gasteiger partial charge in [-0.05, 0) is 18.2 Å². The number of rotatable bonds is 5. The second-order valence-corrected chi connectivity index (χ2v) is 6.60. The zero-order valence-electron chi connectivity index (χ0n) is 12.1. The van der Waals surface area contributed by atoms with Crippen LogP contribution in [0.3, 0.4) is 0 Å². The van der Waals surface area contributed by atoms with Gasteiger partial charge in [-0.1, -0.05) is 6.92 Å². The van der Waals surface area contributed by atoms with Gasteiger partial charge in [0.15, 0.2) is 15.6 Å². The number of Topliss-reactive ketones (excluding diaryl/α,β-unsaturated/α-hetero) is 1. The molecule has 1 aromatic rings. The van der Waals surface area contributed by atoms with E-state index in [2.05, 4.69) is 10.5 Å². The van der Waals surface area contributed by atoms with Crippen molar-refractivity contribution in [1.29, 1.82) is 5.26 Å². The summed E-state index contributed by atoms with van der Waals surface area (Å²) in [7, 11) is -3.83. The Labute approximate surface area is 130 Å². The third-order valence-electron chi connectivity index (χ3n) is 2.75. The maximum atomic E-state index is 12.8. The second-order valence-electron chi connectivity index (χ2n) is 4.35. The first-order valence-electron chi connectivity index (χ1n) is 6.21. The molecule has 0 spiro atoms. The number of anilines is 1. The van der Waals surface area contributed by atoms with E-state index in [1.165, 1.54) is 13.0 Å². The maximum absolute atomic E-state index is 12.8. The van der Waals surface area contributed by atoms with Gasteiger partial charge in [0.2, 0.25) is 5.71 Å². The van der Waals surface area contributed by atoms with E-state index in [-0.39, 0.29) is 5.75 Å². The number of halogens is 3. The zero-order chi connectivity index (χ0) is 17.8. The summed E-state index contributed by atoms with van der Waals surface area (Å²) >= 11 is 0. The SMILES string of the molecule is CCS(=O)(=O)c1ccc(C(F)(F)F)cc1N/N=C(\C#N)C(C)=O. The smallest absolute Gasteiger partial charge is 0.292 e. The van der Waals surface area contributed by atoms with Crippen LogP contribution in [0.5, 0.6) is 0 Å². The Morgan fingerprint density at radius 3 is 2.43 bits per heavy atom. The highest BCUT2D eigenvalue weighted by Crippen LogP contribution is 2.34. The van der Waals surface area contributed by atoms with Crippen molar-refractivity contribution >= 4 is 27.0 Å². The Bertz CT molecular complexity index is 793. The summed E-state index contributed by atoms with van der Waals surface area (Å²) in [6.45, 7) is 2.37. The largest absolute Gasteiger partial charge is 0.416 e. The normalized spacial score (nSPS) is 12.6. The van der Waals surface area contributed by atoms with Gasteiger partial charge in [0.25, 0.3) is 0 Å².